The molecule has 2 aliphatic heterocycles. The zero-order valence-corrected chi connectivity index (χ0v) is 23.0. The molecule has 2 fully saturated rings. The first kappa shape index (κ1) is 25.2. The summed E-state index contributed by atoms with van der Waals surface area (Å²) < 4.78 is 8.68. The second-order valence-electron chi connectivity index (χ2n) is 11.0. The monoisotopic (exact) mass is 547 g/mol. The normalized spacial score (nSPS) is 22.0. The van der Waals surface area contributed by atoms with Crippen molar-refractivity contribution in [1.82, 2.24) is 34.3 Å². The number of β-amino-alcohol motifs (C(OH)–C–C–N with tert-alkyl or cyclic N) is 1. The summed E-state index contributed by atoms with van der Waals surface area (Å²) >= 11 is 0. The Kier molecular flexibility index (Phi) is 5.78. The molecule has 206 valence electrons. The molecular weight excluding hydrogens is 518 g/mol. The molecule has 41 heavy (non-hydrogen) atoms. The molecule has 1 N–H and O–H groups in total. The Balaban J connectivity index is 1.16. The van der Waals surface area contributed by atoms with Crippen LogP contribution in [0, 0.1) is 11.3 Å². The van der Waals surface area contributed by atoms with Crippen LogP contribution in [0.15, 0.2) is 67.5 Å². The van der Waals surface area contributed by atoms with Gasteiger partial charge >= 0.3 is 0 Å². The van der Waals surface area contributed by atoms with E-state index in [1.807, 2.05) is 69.2 Å². The lowest BCUT2D eigenvalue weighted by molar-refractivity contribution is 0.0450. The number of fused-ring (bicyclic) bond motifs is 2. The van der Waals surface area contributed by atoms with E-state index in [4.69, 9.17) is 9.72 Å². The van der Waals surface area contributed by atoms with Gasteiger partial charge in [-0.2, -0.15) is 15.5 Å². The Morgan fingerprint density at radius 1 is 1.05 bits per heavy atom. The molecule has 0 unspecified atom stereocenters. The van der Waals surface area contributed by atoms with E-state index in [-0.39, 0.29) is 12.1 Å². The number of hydrogen-bond acceptors (Lipinski definition) is 9. The van der Waals surface area contributed by atoms with Crippen molar-refractivity contribution < 1.29 is 9.84 Å². The van der Waals surface area contributed by atoms with Gasteiger partial charge < -0.3 is 14.7 Å². The Morgan fingerprint density at radius 3 is 2.61 bits per heavy atom. The van der Waals surface area contributed by atoms with Crippen LogP contribution in [0.25, 0.3) is 27.8 Å². The topological polar surface area (TPSA) is 121 Å². The number of nitrogens with zero attached hydrogens (tertiary/aromatic N) is 9. The number of nitriles is 1. The molecule has 0 radical (unpaired) electrons. The molecule has 7 heterocycles. The predicted octanol–water partition coefficient (Wildman–Crippen LogP) is 2.90. The van der Waals surface area contributed by atoms with Gasteiger partial charge in [-0.15, -0.1) is 0 Å². The Bertz CT molecular complexity index is 1780. The third-order valence-corrected chi connectivity index (χ3v) is 8.23. The molecule has 7 rings (SSSR count). The Hall–Kier alpha value is -4.79. The fourth-order valence-electron chi connectivity index (χ4n) is 6.31. The minimum Gasteiger partial charge on any atom is -0.481 e. The largest absolute Gasteiger partial charge is 0.481 e. The van der Waals surface area contributed by atoms with Gasteiger partial charge in [0.15, 0.2) is 0 Å². The molecule has 3 atom stereocenters. The van der Waals surface area contributed by atoms with Gasteiger partial charge in [0.2, 0.25) is 5.88 Å². The minimum atomic E-state index is -0.882. The van der Waals surface area contributed by atoms with Crippen LogP contribution in [0.1, 0.15) is 18.1 Å². The van der Waals surface area contributed by atoms with Gasteiger partial charge in [-0.25, -0.2) is 14.5 Å². The summed E-state index contributed by atoms with van der Waals surface area (Å²) in [5.74, 6) is 1.41. The fraction of sp³-hybridized carbons (Fsp3) is 0.300. The van der Waals surface area contributed by atoms with Crippen molar-refractivity contribution >= 4 is 11.3 Å². The predicted molar refractivity (Wildman–Crippen MR) is 152 cm³/mol. The third kappa shape index (κ3) is 4.20. The Morgan fingerprint density at radius 2 is 1.93 bits per heavy atom. The zero-order valence-electron chi connectivity index (χ0n) is 23.0. The van der Waals surface area contributed by atoms with Crippen LogP contribution < -0.4 is 9.64 Å². The van der Waals surface area contributed by atoms with Gasteiger partial charge in [-0.1, -0.05) is 6.07 Å². The highest BCUT2D eigenvalue weighted by atomic mass is 16.5. The van der Waals surface area contributed by atoms with Gasteiger partial charge in [0, 0.05) is 79.8 Å². The number of hydrogen-bond donors (Lipinski definition) is 1. The first-order valence-corrected chi connectivity index (χ1v) is 13.4. The SMILES string of the molecule is COc1ccc(CN2C[C@@](C)(O)[C@H]3[C@@H]2CN3c2ccc(-c3cc(-c4cnn(C)c4)cn4ncc(C#N)c34)cn2)cn1. The van der Waals surface area contributed by atoms with Gasteiger partial charge in [0.05, 0.1) is 48.3 Å². The lowest BCUT2D eigenvalue weighted by atomic mass is 9.87. The van der Waals surface area contributed by atoms with E-state index in [1.54, 1.807) is 22.5 Å². The molecule has 0 amide bonds. The minimum absolute atomic E-state index is 0.0623. The zero-order chi connectivity index (χ0) is 28.3. The van der Waals surface area contributed by atoms with Crippen LogP contribution in [0.4, 0.5) is 5.82 Å². The number of methoxy groups -OCH3 is 1. The molecule has 5 aromatic heterocycles. The van der Waals surface area contributed by atoms with E-state index in [0.717, 1.165) is 45.7 Å². The number of aliphatic hydroxyl groups is 1. The number of ether oxygens (including phenoxy) is 1. The van der Waals surface area contributed by atoms with Gasteiger partial charge in [0.1, 0.15) is 11.9 Å². The van der Waals surface area contributed by atoms with Gasteiger partial charge in [-0.05, 0) is 30.7 Å². The summed E-state index contributed by atoms with van der Waals surface area (Å²) in [6.45, 7) is 3.96. The molecule has 0 aromatic carbocycles. The lowest BCUT2D eigenvalue weighted by Gasteiger charge is -2.50. The average molecular weight is 548 g/mol. The summed E-state index contributed by atoms with van der Waals surface area (Å²) in [7, 11) is 3.49. The van der Waals surface area contributed by atoms with Crippen LogP contribution in [0.2, 0.25) is 0 Å². The molecular formula is C30H29N9O2. The van der Waals surface area contributed by atoms with Crippen molar-refractivity contribution in [2.75, 3.05) is 25.1 Å². The molecule has 0 saturated carbocycles. The molecule has 2 saturated heterocycles. The standard InChI is InChI=1S/C30H29N9O2/c1-30(40)18-37(14-19-4-7-27(41-3)33-10-19)25-17-38(29(25)30)26-6-5-20(11-32-26)24-8-21(23-13-34-36(2)15-23)16-39-28(24)22(9-31)12-35-39/h4-8,10-13,15-16,25,29,40H,14,17-18H2,1-3H3/t25-,29+,30+/m0/s1. The van der Waals surface area contributed by atoms with Crippen molar-refractivity contribution in [2.24, 2.45) is 7.05 Å². The molecule has 5 aromatic rings. The summed E-state index contributed by atoms with van der Waals surface area (Å²) in [5, 5.41) is 29.9. The number of rotatable bonds is 6. The lowest BCUT2D eigenvalue weighted by Crippen LogP contribution is -2.67. The van der Waals surface area contributed by atoms with Gasteiger partial charge in [0.25, 0.3) is 0 Å². The van der Waals surface area contributed by atoms with Crippen LogP contribution in [0.3, 0.4) is 0 Å². The molecule has 11 nitrogen and oxygen atoms in total. The van der Waals surface area contributed by atoms with E-state index < -0.39 is 5.60 Å². The van der Waals surface area contributed by atoms with Crippen molar-refractivity contribution in [3.63, 3.8) is 0 Å². The molecule has 0 bridgehead atoms. The first-order valence-electron chi connectivity index (χ1n) is 13.4. The number of likely N-dealkylation sites (tertiary alicyclic amines) is 1. The number of anilines is 1. The number of aryl methyl sites for hydroxylation is 1. The van der Waals surface area contributed by atoms with Crippen LogP contribution >= 0.6 is 0 Å². The molecule has 0 spiro atoms. The van der Waals surface area contributed by atoms with E-state index in [9.17, 15) is 10.4 Å². The summed E-state index contributed by atoms with van der Waals surface area (Å²) in [4.78, 5) is 13.7. The van der Waals surface area contributed by atoms with Crippen molar-refractivity contribution in [3.8, 4) is 34.2 Å². The summed E-state index contributed by atoms with van der Waals surface area (Å²) in [6.07, 6.45) is 10.9. The summed E-state index contributed by atoms with van der Waals surface area (Å²) in [6, 6.07) is 12.4. The molecule has 11 heteroatoms. The van der Waals surface area contributed by atoms with Crippen LogP contribution in [-0.4, -0.2) is 77.3 Å². The quantitative estimate of drug-likeness (QED) is 0.342. The van der Waals surface area contributed by atoms with E-state index >= 15 is 0 Å². The second-order valence-corrected chi connectivity index (χ2v) is 11.0. The number of aromatic nitrogens is 6. The Labute approximate surface area is 236 Å². The van der Waals surface area contributed by atoms with Crippen LogP contribution in [0.5, 0.6) is 5.88 Å². The van der Waals surface area contributed by atoms with E-state index in [2.05, 4.69) is 37.1 Å². The molecule has 0 aliphatic carbocycles. The van der Waals surface area contributed by atoms with Crippen molar-refractivity contribution in [1.29, 1.82) is 5.26 Å². The maximum Gasteiger partial charge on any atom is 0.212 e. The second kappa shape index (κ2) is 9.40. The smallest absolute Gasteiger partial charge is 0.212 e. The highest BCUT2D eigenvalue weighted by molar-refractivity contribution is 5.87. The van der Waals surface area contributed by atoms with E-state index in [1.165, 1.54) is 0 Å². The van der Waals surface area contributed by atoms with Gasteiger partial charge in [-0.3, -0.25) is 9.58 Å². The third-order valence-electron chi connectivity index (χ3n) is 8.23. The fourth-order valence-corrected chi connectivity index (χ4v) is 6.31. The molecule has 2 aliphatic rings. The maximum atomic E-state index is 11.4. The highest BCUT2D eigenvalue weighted by Crippen LogP contribution is 2.42. The average Bonchev–Trinajstić information content (AvgIpc) is 3.62. The number of pyridine rings is 3. The first-order chi connectivity index (χ1) is 19.8. The highest BCUT2D eigenvalue weighted by Gasteiger charge is 2.58. The van der Waals surface area contributed by atoms with E-state index in [0.29, 0.717) is 24.5 Å². The van der Waals surface area contributed by atoms with Crippen molar-refractivity contribution in [3.05, 3.63) is 78.6 Å². The maximum absolute atomic E-state index is 11.4. The summed E-state index contributed by atoms with van der Waals surface area (Å²) in [5.41, 5.74) is 5.09. The van der Waals surface area contributed by atoms with Crippen LogP contribution in [-0.2, 0) is 13.6 Å². The van der Waals surface area contributed by atoms with Crippen molar-refractivity contribution in [2.45, 2.75) is 31.2 Å².